The van der Waals surface area contributed by atoms with Gasteiger partial charge in [-0.2, -0.15) is 4.98 Å². The summed E-state index contributed by atoms with van der Waals surface area (Å²) in [5.74, 6) is 0.0862. The molecule has 2 amide bonds. The second kappa shape index (κ2) is 7.44. The fourth-order valence-electron chi connectivity index (χ4n) is 2.04. The molecular formula is C12H16F2N4O5. The van der Waals surface area contributed by atoms with E-state index in [1.165, 1.54) is 11.0 Å². The Balaban J connectivity index is 2.21. The highest BCUT2D eigenvalue weighted by atomic mass is 19.1. The average Bonchev–Trinajstić information content (AvgIpc) is 2.95. The molecule has 2 heterocycles. The summed E-state index contributed by atoms with van der Waals surface area (Å²) in [5.41, 5.74) is -0.921. The van der Waals surface area contributed by atoms with Gasteiger partial charge in [0, 0.05) is 19.3 Å². The molecule has 1 aliphatic rings. The Morgan fingerprint density at radius 2 is 2.22 bits per heavy atom. The van der Waals surface area contributed by atoms with Gasteiger partial charge in [-0.25, -0.2) is 18.4 Å². The summed E-state index contributed by atoms with van der Waals surface area (Å²) in [6.07, 6.45) is -4.67. The summed E-state index contributed by atoms with van der Waals surface area (Å²) < 4.78 is 31.4. The second-order valence-corrected chi connectivity index (χ2v) is 4.70. The molecule has 9 nitrogen and oxygen atoms in total. The summed E-state index contributed by atoms with van der Waals surface area (Å²) in [6, 6.07) is 0.895. The van der Waals surface area contributed by atoms with Gasteiger partial charge in [0.1, 0.15) is 18.6 Å². The Hall–Kier alpha value is -2.11. The van der Waals surface area contributed by atoms with Crippen LogP contribution in [0.5, 0.6) is 0 Å². The number of hydrogen-bond donors (Lipinski definition) is 3. The first-order chi connectivity index (χ1) is 11.0. The van der Waals surface area contributed by atoms with Crippen LogP contribution in [0.25, 0.3) is 0 Å². The van der Waals surface area contributed by atoms with Gasteiger partial charge in [-0.3, -0.25) is 9.47 Å². The van der Waals surface area contributed by atoms with E-state index in [0.29, 0.717) is 13.1 Å². The number of nitrogens with zero attached hydrogens (tertiary/aromatic N) is 3. The van der Waals surface area contributed by atoms with Crippen LogP contribution in [-0.4, -0.2) is 64.6 Å². The van der Waals surface area contributed by atoms with Crippen LogP contribution in [0.1, 0.15) is 6.23 Å². The number of aliphatic hydroxyl groups is 2. The van der Waals surface area contributed by atoms with Crippen molar-refractivity contribution in [1.82, 2.24) is 14.9 Å². The molecule has 1 aromatic heterocycles. The molecule has 0 aromatic carbocycles. The molecule has 0 spiro atoms. The lowest BCUT2D eigenvalue weighted by Gasteiger charge is -2.23. The number of aliphatic hydroxyl groups excluding tert-OH is 2. The van der Waals surface area contributed by atoms with Crippen LogP contribution >= 0.6 is 0 Å². The third kappa shape index (κ3) is 3.81. The van der Waals surface area contributed by atoms with Crippen LogP contribution in [0.15, 0.2) is 17.1 Å². The zero-order valence-electron chi connectivity index (χ0n) is 11.9. The van der Waals surface area contributed by atoms with Crippen molar-refractivity contribution in [1.29, 1.82) is 0 Å². The number of anilines is 1. The van der Waals surface area contributed by atoms with Crippen molar-refractivity contribution in [2.75, 3.05) is 31.3 Å². The predicted octanol–water partition coefficient (Wildman–Crippen LogP) is -1.09. The Morgan fingerprint density at radius 1 is 1.48 bits per heavy atom. The van der Waals surface area contributed by atoms with Gasteiger partial charge in [-0.05, 0) is 6.07 Å². The number of carbonyl (C=O) groups excluding carboxylic acids is 1. The normalized spacial score (nSPS) is 18.6. The predicted molar refractivity (Wildman–Crippen MR) is 73.3 cm³/mol. The molecule has 0 radical (unpaired) electrons. The molecule has 1 aliphatic heterocycles. The number of carbonyl (C=O) groups is 1. The van der Waals surface area contributed by atoms with E-state index in [0.717, 1.165) is 10.8 Å². The van der Waals surface area contributed by atoms with E-state index in [2.05, 4.69) is 10.3 Å². The number of amides is 2. The van der Waals surface area contributed by atoms with Gasteiger partial charge in [0.2, 0.25) is 6.36 Å². The van der Waals surface area contributed by atoms with Gasteiger partial charge in [0.05, 0.1) is 6.61 Å². The third-order valence-corrected chi connectivity index (χ3v) is 3.21. The van der Waals surface area contributed by atoms with Crippen LogP contribution in [-0.2, 0) is 4.74 Å². The van der Waals surface area contributed by atoms with Crippen molar-refractivity contribution in [2.45, 2.75) is 18.7 Å². The number of rotatable bonds is 7. The largest absolute Gasteiger partial charge is 0.393 e. The molecule has 3 N–H and O–H groups in total. The molecule has 0 saturated carbocycles. The Bertz CT molecular complexity index is 611. The maximum absolute atomic E-state index is 13.1. The lowest BCUT2D eigenvalue weighted by Crippen LogP contribution is -2.38. The van der Waals surface area contributed by atoms with E-state index >= 15 is 0 Å². The first-order valence-corrected chi connectivity index (χ1v) is 6.77. The van der Waals surface area contributed by atoms with Crippen molar-refractivity contribution in [3.8, 4) is 0 Å². The number of nitrogens with one attached hydrogen (secondary N) is 1. The lowest BCUT2D eigenvalue weighted by atomic mass is 10.4. The summed E-state index contributed by atoms with van der Waals surface area (Å²) in [5, 5.41) is 20.2. The molecule has 1 aromatic rings. The zero-order valence-corrected chi connectivity index (χ0v) is 11.9. The highest BCUT2D eigenvalue weighted by Crippen LogP contribution is 2.15. The molecule has 3 atom stereocenters. The van der Waals surface area contributed by atoms with Crippen molar-refractivity contribution < 1.29 is 28.5 Å². The number of alkyl halides is 2. The van der Waals surface area contributed by atoms with E-state index in [9.17, 15) is 18.4 Å². The molecule has 11 heteroatoms. The second-order valence-electron chi connectivity index (χ2n) is 4.70. The van der Waals surface area contributed by atoms with Gasteiger partial charge in [-0.15, -0.1) is 0 Å². The summed E-state index contributed by atoms with van der Waals surface area (Å²) in [7, 11) is 0. The number of hydrogen-bond acceptors (Lipinski definition) is 6. The molecule has 0 unspecified atom stereocenters. The van der Waals surface area contributed by atoms with E-state index in [1.807, 2.05) is 0 Å². The van der Waals surface area contributed by atoms with E-state index < -0.39 is 43.7 Å². The van der Waals surface area contributed by atoms with E-state index in [-0.39, 0.29) is 5.82 Å². The van der Waals surface area contributed by atoms with Gasteiger partial charge >= 0.3 is 11.7 Å². The SMILES string of the molecule is O=C1NCCN1c1ccn([C@@H](CF)O[C@H](CO)[C@@H](O)F)c(=O)n1. The van der Waals surface area contributed by atoms with Gasteiger partial charge in [0.15, 0.2) is 6.23 Å². The third-order valence-electron chi connectivity index (χ3n) is 3.21. The molecule has 128 valence electrons. The summed E-state index contributed by atoms with van der Waals surface area (Å²) in [4.78, 5) is 28.4. The summed E-state index contributed by atoms with van der Waals surface area (Å²) >= 11 is 0. The maximum Gasteiger partial charge on any atom is 0.351 e. The zero-order chi connectivity index (χ0) is 17.0. The minimum Gasteiger partial charge on any atom is -0.393 e. The molecule has 23 heavy (non-hydrogen) atoms. The highest BCUT2D eigenvalue weighted by molar-refractivity contribution is 5.92. The first-order valence-electron chi connectivity index (χ1n) is 6.77. The van der Waals surface area contributed by atoms with Gasteiger partial charge < -0.3 is 20.3 Å². The minimum atomic E-state index is -2.54. The summed E-state index contributed by atoms with van der Waals surface area (Å²) in [6.45, 7) is -1.37. The van der Waals surface area contributed by atoms with Crippen molar-refractivity contribution in [2.24, 2.45) is 0 Å². The standard InChI is InChI=1S/C12H16F2N4O5/c13-5-9(23-7(6-19)10(14)20)18-3-1-8(16-12(18)22)17-4-2-15-11(17)21/h1,3,7,9-10,19-20H,2,4-6H2,(H,15,21)/t7-,9-,10-/m1/s1. The van der Waals surface area contributed by atoms with Crippen LogP contribution in [0.2, 0.25) is 0 Å². The number of aromatic nitrogens is 2. The smallest absolute Gasteiger partial charge is 0.351 e. The van der Waals surface area contributed by atoms with Crippen LogP contribution in [0, 0.1) is 0 Å². The Kier molecular flexibility index (Phi) is 5.58. The molecule has 2 rings (SSSR count). The monoisotopic (exact) mass is 334 g/mol. The molecule has 0 aliphatic carbocycles. The lowest BCUT2D eigenvalue weighted by molar-refractivity contribution is -0.165. The Labute approximate surface area is 129 Å². The Morgan fingerprint density at radius 3 is 2.70 bits per heavy atom. The molecule has 1 fully saturated rings. The van der Waals surface area contributed by atoms with Crippen molar-refractivity contribution in [3.05, 3.63) is 22.7 Å². The van der Waals surface area contributed by atoms with Gasteiger partial charge in [-0.1, -0.05) is 0 Å². The quantitative estimate of drug-likeness (QED) is 0.583. The number of ether oxygens (including phenoxy) is 1. The topological polar surface area (TPSA) is 117 Å². The fourth-order valence-corrected chi connectivity index (χ4v) is 2.04. The molecule has 0 bridgehead atoms. The van der Waals surface area contributed by atoms with Crippen LogP contribution in [0.4, 0.5) is 19.4 Å². The molecular weight excluding hydrogens is 318 g/mol. The van der Waals surface area contributed by atoms with Crippen molar-refractivity contribution in [3.63, 3.8) is 0 Å². The van der Waals surface area contributed by atoms with Gasteiger partial charge in [0.25, 0.3) is 0 Å². The first kappa shape index (κ1) is 17.2. The average molecular weight is 334 g/mol. The minimum absolute atomic E-state index is 0.0862. The molecule has 1 saturated heterocycles. The van der Waals surface area contributed by atoms with Crippen LogP contribution in [0.3, 0.4) is 0 Å². The number of urea groups is 1. The van der Waals surface area contributed by atoms with Crippen LogP contribution < -0.4 is 15.9 Å². The number of halogens is 2. The maximum atomic E-state index is 13.1. The highest BCUT2D eigenvalue weighted by Gasteiger charge is 2.26. The fraction of sp³-hybridized carbons (Fsp3) is 0.583. The van der Waals surface area contributed by atoms with E-state index in [4.69, 9.17) is 14.9 Å². The van der Waals surface area contributed by atoms with E-state index in [1.54, 1.807) is 0 Å². The van der Waals surface area contributed by atoms with Crippen molar-refractivity contribution >= 4 is 11.8 Å².